The Morgan fingerprint density at radius 2 is 1.62 bits per heavy atom. The van der Waals surface area contributed by atoms with Gasteiger partial charge in [-0.3, -0.25) is 0 Å². The fourth-order valence-electron chi connectivity index (χ4n) is 0.569. The average Bonchev–Trinajstić information content (AvgIpc) is 2.03. The first kappa shape index (κ1) is 19.1. The number of ketones is 1. The van der Waals surface area contributed by atoms with Crippen LogP contribution in [0.1, 0.15) is 40.5 Å². The molecule has 13 heavy (non-hydrogen) atoms. The molecule has 0 radical (unpaired) electrons. The maximum atomic E-state index is 10.8. The van der Waals surface area contributed by atoms with E-state index in [2.05, 4.69) is 20.8 Å². The Kier molecular flexibility index (Phi) is 18.3. The Hall–Kier alpha value is 0.436. The number of Topliss-reactive ketones (excluding diaryl/α,β-unsaturated/α-hetero) is 1. The first-order valence-corrected chi connectivity index (χ1v) is 4.63. The average molecular weight is 195 g/mol. The Labute approximate surface area is 99.8 Å². The minimum absolute atomic E-state index is 0. The van der Waals surface area contributed by atoms with Gasteiger partial charge in [0.25, 0.3) is 0 Å². The second-order valence-electron chi connectivity index (χ2n) is 3.31. The molecule has 0 rings (SSSR count). The summed E-state index contributed by atoms with van der Waals surface area (Å²) in [4.78, 5) is 10.8. The number of carbonyl (C=O) groups is 1. The predicted octanol–water partition coefficient (Wildman–Crippen LogP) is 2.92. The molecule has 0 aliphatic heterocycles. The van der Waals surface area contributed by atoms with Gasteiger partial charge in [-0.05, 0) is 0 Å². The molecule has 1 nitrogen and oxygen atoms in total. The van der Waals surface area contributed by atoms with E-state index in [1.54, 1.807) is 0 Å². The molecule has 0 aromatic rings. The Morgan fingerprint density at radius 3 is 1.62 bits per heavy atom. The molecule has 0 aliphatic carbocycles. The van der Waals surface area contributed by atoms with Crippen LogP contribution in [-0.4, -0.2) is 28.8 Å². The van der Waals surface area contributed by atoms with E-state index in [-0.39, 0.29) is 40.7 Å². The van der Waals surface area contributed by atoms with Crippen molar-refractivity contribution in [2.75, 3.05) is 0 Å². The van der Waals surface area contributed by atoms with Crippen LogP contribution < -0.4 is 0 Å². The van der Waals surface area contributed by atoms with E-state index in [9.17, 15) is 4.79 Å². The maximum Gasteiger partial charge on any atom is 2.00 e. The minimum Gasteiger partial charge on any atom is -0.343 e. The van der Waals surface area contributed by atoms with Crippen LogP contribution in [0.15, 0.2) is 0 Å². The molecule has 0 fully saturated rings. The summed E-state index contributed by atoms with van der Waals surface area (Å²) in [5.41, 5.74) is 0. The van der Waals surface area contributed by atoms with Gasteiger partial charge in [-0.15, -0.1) is 5.92 Å². The second-order valence-corrected chi connectivity index (χ2v) is 3.31. The second kappa shape index (κ2) is 12.4. The molecule has 0 aromatic carbocycles. The van der Waals surface area contributed by atoms with E-state index in [1.165, 1.54) is 6.42 Å². The SMILES string of the molecule is [CH2-]C(C)C(=O)C(C)C.[CH2-]CCC.[Mg+2]. The largest absolute Gasteiger partial charge is 2.00 e. The molecule has 74 valence electrons. The van der Waals surface area contributed by atoms with Crippen LogP contribution in [0.25, 0.3) is 0 Å². The predicted molar refractivity (Wildman–Crippen MR) is 60.4 cm³/mol. The molecular formula is C11H22MgO. The van der Waals surface area contributed by atoms with E-state index in [4.69, 9.17) is 0 Å². The minimum atomic E-state index is -0.0463. The van der Waals surface area contributed by atoms with Gasteiger partial charge in [-0.1, -0.05) is 34.1 Å². The summed E-state index contributed by atoms with van der Waals surface area (Å²) in [6, 6.07) is 0. The van der Waals surface area contributed by atoms with E-state index in [1.807, 2.05) is 20.8 Å². The summed E-state index contributed by atoms with van der Waals surface area (Å²) in [6.07, 6.45) is 2.28. The summed E-state index contributed by atoms with van der Waals surface area (Å²) >= 11 is 0. The molecular weight excluding hydrogens is 172 g/mol. The van der Waals surface area contributed by atoms with Crippen LogP contribution in [0.3, 0.4) is 0 Å². The van der Waals surface area contributed by atoms with Crippen molar-refractivity contribution < 1.29 is 4.79 Å². The molecule has 0 amide bonds. The topological polar surface area (TPSA) is 17.1 Å². The van der Waals surface area contributed by atoms with Gasteiger partial charge in [-0.25, -0.2) is 0 Å². The molecule has 0 bridgehead atoms. The van der Waals surface area contributed by atoms with Crippen molar-refractivity contribution in [2.45, 2.75) is 40.5 Å². The van der Waals surface area contributed by atoms with E-state index in [0.29, 0.717) is 0 Å². The number of rotatable bonds is 3. The van der Waals surface area contributed by atoms with Crippen LogP contribution in [-0.2, 0) is 4.79 Å². The van der Waals surface area contributed by atoms with Gasteiger partial charge in [0.2, 0.25) is 0 Å². The zero-order valence-corrected chi connectivity index (χ0v) is 11.0. The molecule has 0 heterocycles. The number of hydrogen-bond acceptors (Lipinski definition) is 1. The molecule has 2 heteroatoms. The smallest absolute Gasteiger partial charge is 0.343 e. The third-order valence-corrected chi connectivity index (χ3v) is 1.41. The first-order chi connectivity index (χ1) is 5.47. The maximum absolute atomic E-state index is 10.8. The summed E-state index contributed by atoms with van der Waals surface area (Å²) in [6.45, 7) is 14.9. The van der Waals surface area contributed by atoms with Gasteiger partial charge < -0.3 is 18.6 Å². The molecule has 1 unspecified atom stereocenters. The summed E-state index contributed by atoms with van der Waals surface area (Å²) in [5, 5.41) is 0. The summed E-state index contributed by atoms with van der Waals surface area (Å²) in [7, 11) is 0. The Balaban J connectivity index is -0.000000173. The zero-order chi connectivity index (χ0) is 10.1. The Bertz CT molecular complexity index is 96.7. The van der Waals surface area contributed by atoms with Crippen molar-refractivity contribution >= 4 is 28.8 Å². The summed E-state index contributed by atoms with van der Waals surface area (Å²) < 4.78 is 0. The van der Waals surface area contributed by atoms with Crippen LogP contribution in [0.5, 0.6) is 0 Å². The van der Waals surface area contributed by atoms with Gasteiger partial charge >= 0.3 is 23.1 Å². The van der Waals surface area contributed by atoms with E-state index >= 15 is 0 Å². The third-order valence-electron chi connectivity index (χ3n) is 1.41. The molecule has 0 saturated heterocycles. The molecule has 0 spiro atoms. The van der Waals surface area contributed by atoms with Crippen LogP contribution in [0.4, 0.5) is 0 Å². The number of hydrogen-bond donors (Lipinski definition) is 0. The van der Waals surface area contributed by atoms with E-state index in [0.717, 1.165) is 6.42 Å². The van der Waals surface area contributed by atoms with E-state index < -0.39 is 0 Å². The molecule has 1 atom stereocenters. The van der Waals surface area contributed by atoms with Crippen molar-refractivity contribution in [3.05, 3.63) is 13.8 Å². The Morgan fingerprint density at radius 1 is 1.31 bits per heavy atom. The normalized spacial score (nSPS) is 11.0. The van der Waals surface area contributed by atoms with Gasteiger partial charge in [0.1, 0.15) is 5.78 Å². The number of unbranched alkanes of at least 4 members (excludes halogenated alkanes) is 1. The van der Waals surface area contributed by atoms with Crippen LogP contribution in [0.2, 0.25) is 0 Å². The first-order valence-electron chi connectivity index (χ1n) is 4.63. The van der Waals surface area contributed by atoms with Gasteiger partial charge in [0, 0.05) is 5.92 Å². The standard InChI is InChI=1S/C7H13O.C4H9.Mg/c1-5(2)7(8)6(3)4;1-3-4-2;/h5-6H,1H2,2-4H3;1,3-4H2,2H3;/q2*-1;+2. The molecule has 0 aromatic heterocycles. The van der Waals surface area contributed by atoms with Gasteiger partial charge in [0.15, 0.2) is 0 Å². The van der Waals surface area contributed by atoms with Crippen LogP contribution in [0, 0.1) is 25.7 Å². The fraction of sp³-hybridized carbons (Fsp3) is 0.727. The van der Waals surface area contributed by atoms with Crippen molar-refractivity contribution in [1.82, 2.24) is 0 Å². The van der Waals surface area contributed by atoms with Crippen molar-refractivity contribution in [3.63, 3.8) is 0 Å². The van der Waals surface area contributed by atoms with Crippen LogP contribution >= 0.6 is 0 Å². The van der Waals surface area contributed by atoms with Crippen molar-refractivity contribution in [3.8, 4) is 0 Å². The fourth-order valence-corrected chi connectivity index (χ4v) is 0.569. The quantitative estimate of drug-likeness (QED) is 0.499. The molecule has 0 saturated carbocycles. The monoisotopic (exact) mass is 194 g/mol. The van der Waals surface area contributed by atoms with Crippen molar-refractivity contribution in [1.29, 1.82) is 0 Å². The number of carbonyl (C=O) groups excluding carboxylic acids is 1. The summed E-state index contributed by atoms with van der Waals surface area (Å²) in [5.74, 6) is 0.336. The molecule has 0 N–H and O–H groups in total. The third kappa shape index (κ3) is 15.2. The van der Waals surface area contributed by atoms with Crippen molar-refractivity contribution in [2.24, 2.45) is 11.8 Å². The van der Waals surface area contributed by atoms with Gasteiger partial charge in [-0.2, -0.15) is 6.42 Å². The molecule has 0 aliphatic rings. The van der Waals surface area contributed by atoms with Gasteiger partial charge in [0.05, 0.1) is 0 Å². The zero-order valence-electron chi connectivity index (χ0n) is 9.60.